The predicted octanol–water partition coefficient (Wildman–Crippen LogP) is 2.72. The highest BCUT2D eigenvalue weighted by Gasteiger charge is 2.32. The molecule has 1 fully saturated rings. The smallest absolute Gasteiger partial charge is 0.163 e. The highest BCUT2D eigenvalue weighted by molar-refractivity contribution is 5.23. The lowest BCUT2D eigenvalue weighted by Crippen LogP contribution is -2.53. The molecule has 1 heterocycles. The van der Waals surface area contributed by atoms with E-state index in [0.717, 1.165) is 19.2 Å². The molecule has 5 heteroatoms. The molecule has 21 heavy (non-hydrogen) atoms. The third kappa shape index (κ3) is 3.99. The van der Waals surface area contributed by atoms with Crippen LogP contribution in [-0.2, 0) is 4.74 Å². The molecule has 0 aliphatic carbocycles. The van der Waals surface area contributed by atoms with E-state index in [1.165, 1.54) is 0 Å². The summed E-state index contributed by atoms with van der Waals surface area (Å²) in [5.41, 5.74) is 0.144. The summed E-state index contributed by atoms with van der Waals surface area (Å²) in [6.07, 6.45) is 0.128. The van der Waals surface area contributed by atoms with Gasteiger partial charge in [-0.15, -0.1) is 0 Å². The van der Waals surface area contributed by atoms with Gasteiger partial charge in [-0.3, -0.25) is 4.90 Å². The van der Waals surface area contributed by atoms with Crippen molar-refractivity contribution in [2.45, 2.75) is 38.5 Å². The summed E-state index contributed by atoms with van der Waals surface area (Å²) < 4.78 is 33.2. The van der Waals surface area contributed by atoms with Gasteiger partial charge in [-0.1, -0.05) is 12.1 Å². The SMILES string of the molecule is CNC(CN1CC(C)OC(C)(C)C1)c1cccc(F)c1F. The van der Waals surface area contributed by atoms with Crippen LogP contribution in [0.2, 0.25) is 0 Å². The van der Waals surface area contributed by atoms with Crippen molar-refractivity contribution >= 4 is 0 Å². The van der Waals surface area contributed by atoms with Crippen molar-refractivity contribution < 1.29 is 13.5 Å². The van der Waals surface area contributed by atoms with Gasteiger partial charge in [-0.05, 0) is 33.9 Å². The maximum absolute atomic E-state index is 14.0. The molecular formula is C16H24F2N2O. The molecule has 1 N–H and O–H groups in total. The number of nitrogens with one attached hydrogen (secondary N) is 1. The Morgan fingerprint density at radius 2 is 2.14 bits per heavy atom. The van der Waals surface area contributed by atoms with Crippen LogP contribution in [-0.4, -0.2) is 43.3 Å². The van der Waals surface area contributed by atoms with Gasteiger partial charge in [0, 0.05) is 31.2 Å². The quantitative estimate of drug-likeness (QED) is 0.925. The maximum Gasteiger partial charge on any atom is 0.163 e. The van der Waals surface area contributed by atoms with Gasteiger partial charge in [0.05, 0.1) is 11.7 Å². The molecule has 2 rings (SSSR count). The lowest BCUT2D eigenvalue weighted by Gasteiger charge is -2.43. The molecular weight excluding hydrogens is 274 g/mol. The van der Waals surface area contributed by atoms with Crippen molar-refractivity contribution in [2.75, 3.05) is 26.7 Å². The number of nitrogens with zero attached hydrogens (tertiary/aromatic N) is 1. The van der Waals surface area contributed by atoms with E-state index >= 15 is 0 Å². The molecule has 0 spiro atoms. The second kappa shape index (κ2) is 6.38. The van der Waals surface area contributed by atoms with Gasteiger partial charge in [0.2, 0.25) is 0 Å². The minimum absolute atomic E-state index is 0.128. The standard InChI is InChI=1S/C16H24F2N2O/c1-11-8-20(10-16(2,3)21-11)9-14(19-4)12-6-5-7-13(17)15(12)18/h5-7,11,14,19H,8-10H2,1-4H3. The van der Waals surface area contributed by atoms with Crippen LogP contribution >= 0.6 is 0 Å². The van der Waals surface area contributed by atoms with E-state index in [1.54, 1.807) is 19.2 Å². The molecule has 0 radical (unpaired) electrons. The first kappa shape index (κ1) is 16.3. The summed E-state index contributed by atoms with van der Waals surface area (Å²) in [5, 5.41) is 3.09. The molecule has 0 amide bonds. The Balaban J connectivity index is 2.14. The number of hydrogen-bond acceptors (Lipinski definition) is 3. The first-order chi connectivity index (χ1) is 9.82. The third-order valence-corrected chi connectivity index (χ3v) is 3.79. The van der Waals surface area contributed by atoms with Crippen molar-refractivity contribution in [2.24, 2.45) is 0 Å². The Labute approximate surface area is 125 Å². The maximum atomic E-state index is 14.0. The molecule has 1 saturated heterocycles. The van der Waals surface area contributed by atoms with Crippen LogP contribution in [0.3, 0.4) is 0 Å². The Bertz CT molecular complexity index is 493. The molecule has 1 aliphatic heterocycles. The van der Waals surface area contributed by atoms with E-state index in [2.05, 4.69) is 10.2 Å². The van der Waals surface area contributed by atoms with Gasteiger partial charge in [0.1, 0.15) is 0 Å². The van der Waals surface area contributed by atoms with E-state index < -0.39 is 11.6 Å². The number of ether oxygens (including phenoxy) is 1. The lowest BCUT2D eigenvalue weighted by atomic mass is 10.0. The van der Waals surface area contributed by atoms with E-state index in [9.17, 15) is 8.78 Å². The van der Waals surface area contributed by atoms with Gasteiger partial charge < -0.3 is 10.1 Å². The van der Waals surface area contributed by atoms with Crippen LogP contribution < -0.4 is 5.32 Å². The average Bonchev–Trinajstić information content (AvgIpc) is 2.37. The summed E-state index contributed by atoms with van der Waals surface area (Å²) >= 11 is 0. The molecule has 1 aromatic rings. The lowest BCUT2D eigenvalue weighted by molar-refractivity contribution is -0.130. The number of hydrogen-bond donors (Lipinski definition) is 1. The fraction of sp³-hybridized carbons (Fsp3) is 0.625. The summed E-state index contributed by atoms with van der Waals surface area (Å²) in [6.45, 7) is 8.31. The summed E-state index contributed by atoms with van der Waals surface area (Å²) in [5.74, 6) is -1.57. The Kier molecular flexibility index (Phi) is 4.96. The highest BCUT2D eigenvalue weighted by atomic mass is 19.2. The minimum Gasteiger partial charge on any atom is -0.370 e. The normalized spacial score (nSPS) is 24.0. The summed E-state index contributed by atoms with van der Waals surface area (Å²) in [4.78, 5) is 2.24. The molecule has 0 saturated carbocycles. The van der Waals surface area contributed by atoms with Gasteiger partial charge in [-0.25, -0.2) is 8.78 Å². The fourth-order valence-electron chi connectivity index (χ4n) is 3.12. The zero-order valence-electron chi connectivity index (χ0n) is 13.1. The van der Waals surface area contributed by atoms with Crippen molar-refractivity contribution in [3.8, 4) is 0 Å². The Morgan fingerprint density at radius 3 is 2.76 bits per heavy atom. The largest absolute Gasteiger partial charge is 0.370 e. The van der Waals surface area contributed by atoms with Gasteiger partial charge in [0.15, 0.2) is 11.6 Å². The van der Waals surface area contributed by atoms with Crippen molar-refractivity contribution in [1.82, 2.24) is 10.2 Å². The Hall–Kier alpha value is -1.04. The number of halogens is 2. The fourth-order valence-corrected chi connectivity index (χ4v) is 3.12. The Morgan fingerprint density at radius 1 is 1.43 bits per heavy atom. The van der Waals surface area contributed by atoms with Crippen LogP contribution in [0.25, 0.3) is 0 Å². The third-order valence-electron chi connectivity index (χ3n) is 3.79. The van der Waals surface area contributed by atoms with Gasteiger partial charge in [-0.2, -0.15) is 0 Å². The van der Waals surface area contributed by atoms with Crippen LogP contribution in [0.4, 0.5) is 8.78 Å². The number of rotatable bonds is 4. The first-order valence-corrected chi connectivity index (χ1v) is 7.34. The highest BCUT2D eigenvalue weighted by Crippen LogP contribution is 2.25. The molecule has 2 unspecified atom stereocenters. The molecule has 1 aromatic carbocycles. The number of likely N-dealkylation sites (N-methyl/N-ethyl adjacent to an activating group) is 1. The zero-order valence-corrected chi connectivity index (χ0v) is 13.1. The molecule has 0 aromatic heterocycles. The monoisotopic (exact) mass is 298 g/mol. The molecule has 2 atom stereocenters. The van der Waals surface area contributed by atoms with Crippen LogP contribution in [0.1, 0.15) is 32.4 Å². The van der Waals surface area contributed by atoms with Crippen LogP contribution in [0.15, 0.2) is 18.2 Å². The predicted molar refractivity (Wildman–Crippen MR) is 79.2 cm³/mol. The molecule has 3 nitrogen and oxygen atoms in total. The zero-order chi connectivity index (χ0) is 15.6. The first-order valence-electron chi connectivity index (χ1n) is 7.34. The number of benzene rings is 1. The van der Waals surface area contributed by atoms with E-state index in [1.807, 2.05) is 20.8 Å². The van der Waals surface area contributed by atoms with Crippen LogP contribution in [0, 0.1) is 11.6 Å². The van der Waals surface area contributed by atoms with E-state index in [-0.39, 0.29) is 17.7 Å². The molecule has 0 bridgehead atoms. The summed E-state index contributed by atoms with van der Waals surface area (Å²) in [7, 11) is 1.77. The second-order valence-corrected chi connectivity index (χ2v) is 6.37. The van der Waals surface area contributed by atoms with Crippen molar-refractivity contribution in [3.63, 3.8) is 0 Å². The van der Waals surface area contributed by atoms with Crippen LogP contribution in [0.5, 0.6) is 0 Å². The van der Waals surface area contributed by atoms with Gasteiger partial charge in [0.25, 0.3) is 0 Å². The summed E-state index contributed by atoms with van der Waals surface area (Å²) in [6, 6.07) is 4.08. The topological polar surface area (TPSA) is 24.5 Å². The van der Waals surface area contributed by atoms with E-state index in [0.29, 0.717) is 12.1 Å². The molecule has 1 aliphatic rings. The second-order valence-electron chi connectivity index (χ2n) is 6.37. The average molecular weight is 298 g/mol. The van der Waals surface area contributed by atoms with Gasteiger partial charge >= 0.3 is 0 Å². The van der Waals surface area contributed by atoms with Crippen molar-refractivity contribution in [3.05, 3.63) is 35.4 Å². The molecule has 118 valence electrons. The van der Waals surface area contributed by atoms with E-state index in [4.69, 9.17) is 4.74 Å². The minimum atomic E-state index is -0.802. The number of morpholine rings is 1. The van der Waals surface area contributed by atoms with Crippen molar-refractivity contribution in [1.29, 1.82) is 0 Å².